The molecule has 2 aromatic heterocycles. The molecule has 0 radical (unpaired) electrons. The Bertz CT molecular complexity index is 1510. The molecule has 1 amide bonds. The van der Waals surface area contributed by atoms with Crippen molar-refractivity contribution in [1.82, 2.24) is 14.9 Å². The normalized spacial score (nSPS) is 15.8. The van der Waals surface area contributed by atoms with Gasteiger partial charge in [-0.05, 0) is 35.0 Å². The van der Waals surface area contributed by atoms with Crippen LogP contribution in [0.15, 0.2) is 67.5 Å². The zero-order chi connectivity index (χ0) is 24.5. The van der Waals surface area contributed by atoms with Crippen LogP contribution in [0.25, 0.3) is 32.9 Å². The fraction of sp³-hybridized carbons (Fsp3) is 0.185. The molecule has 1 fully saturated rings. The van der Waals surface area contributed by atoms with Gasteiger partial charge >= 0.3 is 0 Å². The molecule has 1 N–H and O–H groups in total. The van der Waals surface area contributed by atoms with E-state index in [9.17, 15) is 15.2 Å². The summed E-state index contributed by atoms with van der Waals surface area (Å²) in [6, 6.07) is 14.2. The van der Waals surface area contributed by atoms with Gasteiger partial charge in [0.1, 0.15) is 17.0 Å². The fourth-order valence-corrected chi connectivity index (χ4v) is 4.78. The molecule has 1 atom stereocenters. The standard InChI is InChI=1S/C27H22FN5O2/c1-2-24(35)33-12-11-32(16-18(33)7-9-29)23-8-10-30-27-22(23)15-31-26(25(27)28)21-14-19(34)13-17-5-3-4-6-20(17)21/h2-6,8,10,13-15,18,34H,1,7,11-12,16H2/t18-/m0/s1. The summed E-state index contributed by atoms with van der Waals surface area (Å²) in [7, 11) is 0. The lowest BCUT2D eigenvalue weighted by atomic mass is 10.00. The number of amides is 1. The summed E-state index contributed by atoms with van der Waals surface area (Å²) >= 11 is 0. The first-order valence-corrected chi connectivity index (χ1v) is 11.2. The molecule has 5 rings (SSSR count). The van der Waals surface area contributed by atoms with E-state index in [2.05, 4.69) is 22.6 Å². The van der Waals surface area contributed by atoms with Crippen molar-refractivity contribution in [3.8, 4) is 23.1 Å². The number of phenolic OH excluding ortho intramolecular Hbond substituents is 1. The number of carbonyl (C=O) groups excluding carboxylic acids is 1. The first kappa shape index (κ1) is 22.3. The molecular formula is C27H22FN5O2. The van der Waals surface area contributed by atoms with Gasteiger partial charge in [0.05, 0.1) is 18.5 Å². The van der Waals surface area contributed by atoms with Crippen molar-refractivity contribution in [2.45, 2.75) is 12.5 Å². The number of carbonyl (C=O) groups is 1. The van der Waals surface area contributed by atoms with E-state index in [1.165, 1.54) is 12.1 Å². The molecule has 2 aromatic carbocycles. The van der Waals surface area contributed by atoms with E-state index in [1.807, 2.05) is 29.2 Å². The molecular weight excluding hydrogens is 445 g/mol. The van der Waals surface area contributed by atoms with E-state index in [0.29, 0.717) is 30.6 Å². The lowest BCUT2D eigenvalue weighted by molar-refractivity contribution is -0.128. The van der Waals surface area contributed by atoms with Gasteiger partial charge in [-0.3, -0.25) is 14.8 Å². The third kappa shape index (κ3) is 3.91. The average Bonchev–Trinajstić information content (AvgIpc) is 2.88. The number of hydrogen-bond acceptors (Lipinski definition) is 6. The molecule has 0 saturated carbocycles. The number of benzene rings is 2. The van der Waals surface area contributed by atoms with Gasteiger partial charge in [0.15, 0.2) is 5.82 Å². The number of hydrogen-bond donors (Lipinski definition) is 1. The van der Waals surface area contributed by atoms with Crippen LogP contribution in [0.5, 0.6) is 5.75 Å². The Balaban J connectivity index is 1.58. The molecule has 8 heteroatoms. The van der Waals surface area contributed by atoms with Crippen molar-refractivity contribution < 1.29 is 14.3 Å². The molecule has 4 aromatic rings. The molecule has 0 spiro atoms. The number of fused-ring (bicyclic) bond motifs is 2. The molecule has 35 heavy (non-hydrogen) atoms. The van der Waals surface area contributed by atoms with Gasteiger partial charge in [-0.25, -0.2) is 4.39 Å². The van der Waals surface area contributed by atoms with Crippen molar-refractivity contribution >= 4 is 33.3 Å². The van der Waals surface area contributed by atoms with Crippen molar-refractivity contribution in [3.05, 3.63) is 73.3 Å². The highest BCUT2D eigenvalue weighted by atomic mass is 19.1. The van der Waals surface area contributed by atoms with Gasteiger partial charge in [-0.1, -0.05) is 30.8 Å². The third-order valence-electron chi connectivity index (χ3n) is 6.42. The summed E-state index contributed by atoms with van der Waals surface area (Å²) in [4.78, 5) is 24.7. The topological polar surface area (TPSA) is 93.3 Å². The van der Waals surface area contributed by atoms with Crippen LogP contribution in [-0.4, -0.2) is 51.6 Å². The Morgan fingerprint density at radius 1 is 1.23 bits per heavy atom. The minimum Gasteiger partial charge on any atom is -0.508 e. The van der Waals surface area contributed by atoms with Crippen molar-refractivity contribution in [1.29, 1.82) is 5.26 Å². The molecule has 0 aliphatic carbocycles. The van der Waals surface area contributed by atoms with Gasteiger partial charge in [-0.2, -0.15) is 5.26 Å². The predicted octanol–water partition coefficient (Wildman–Crippen LogP) is 4.41. The lowest BCUT2D eigenvalue weighted by Crippen LogP contribution is -2.54. The Kier molecular flexibility index (Phi) is 5.75. The lowest BCUT2D eigenvalue weighted by Gasteiger charge is -2.41. The number of phenols is 1. The quantitative estimate of drug-likeness (QED) is 0.447. The van der Waals surface area contributed by atoms with Gasteiger partial charge in [0, 0.05) is 48.7 Å². The Hall–Kier alpha value is -4.51. The van der Waals surface area contributed by atoms with Crippen LogP contribution >= 0.6 is 0 Å². The van der Waals surface area contributed by atoms with Crippen LogP contribution in [0.3, 0.4) is 0 Å². The Labute approximate surface area is 201 Å². The minimum absolute atomic E-state index is 0.0252. The second-order valence-corrected chi connectivity index (χ2v) is 8.43. The van der Waals surface area contributed by atoms with Crippen LogP contribution in [0.2, 0.25) is 0 Å². The van der Waals surface area contributed by atoms with Gasteiger partial charge in [0.25, 0.3) is 0 Å². The summed E-state index contributed by atoms with van der Waals surface area (Å²) < 4.78 is 15.8. The van der Waals surface area contributed by atoms with Gasteiger partial charge < -0.3 is 14.9 Å². The van der Waals surface area contributed by atoms with E-state index >= 15 is 4.39 Å². The maximum atomic E-state index is 15.8. The maximum Gasteiger partial charge on any atom is 0.246 e. The summed E-state index contributed by atoms with van der Waals surface area (Å²) in [5.41, 5.74) is 1.50. The van der Waals surface area contributed by atoms with E-state index in [-0.39, 0.29) is 35.3 Å². The van der Waals surface area contributed by atoms with Gasteiger partial charge in [0.2, 0.25) is 5.91 Å². The van der Waals surface area contributed by atoms with E-state index < -0.39 is 5.82 Å². The molecule has 1 aliphatic rings. The highest BCUT2D eigenvalue weighted by Crippen LogP contribution is 2.36. The number of nitrogens with zero attached hydrogens (tertiary/aromatic N) is 5. The number of aromatic nitrogens is 2. The minimum atomic E-state index is -0.575. The second-order valence-electron chi connectivity index (χ2n) is 8.43. The first-order chi connectivity index (χ1) is 17.0. The molecule has 7 nitrogen and oxygen atoms in total. The van der Waals surface area contributed by atoms with Crippen LogP contribution in [0, 0.1) is 17.1 Å². The molecule has 0 unspecified atom stereocenters. The summed E-state index contributed by atoms with van der Waals surface area (Å²) in [6.07, 6.45) is 4.58. The second kappa shape index (κ2) is 9.03. The van der Waals surface area contributed by atoms with E-state index in [4.69, 9.17) is 0 Å². The van der Waals surface area contributed by atoms with Crippen molar-refractivity contribution in [2.24, 2.45) is 0 Å². The summed E-state index contributed by atoms with van der Waals surface area (Å²) in [5, 5.41) is 21.6. The van der Waals surface area contributed by atoms with Crippen LogP contribution in [-0.2, 0) is 4.79 Å². The first-order valence-electron chi connectivity index (χ1n) is 11.2. The highest BCUT2D eigenvalue weighted by molar-refractivity contribution is 6.00. The Morgan fingerprint density at radius 3 is 2.86 bits per heavy atom. The number of pyridine rings is 2. The number of anilines is 1. The summed E-state index contributed by atoms with van der Waals surface area (Å²) in [6.45, 7) is 4.91. The molecule has 3 heterocycles. The third-order valence-corrected chi connectivity index (χ3v) is 6.42. The molecule has 1 aliphatic heterocycles. The summed E-state index contributed by atoms with van der Waals surface area (Å²) in [5.74, 6) is -0.758. The number of nitriles is 1. The number of rotatable bonds is 4. The van der Waals surface area contributed by atoms with Crippen molar-refractivity contribution in [3.63, 3.8) is 0 Å². The Morgan fingerprint density at radius 2 is 2.06 bits per heavy atom. The smallest absolute Gasteiger partial charge is 0.246 e. The van der Waals surface area contributed by atoms with E-state index in [0.717, 1.165) is 16.5 Å². The average molecular weight is 468 g/mol. The van der Waals surface area contributed by atoms with Crippen LogP contribution < -0.4 is 4.90 Å². The largest absolute Gasteiger partial charge is 0.508 e. The number of aromatic hydroxyl groups is 1. The van der Waals surface area contributed by atoms with Gasteiger partial charge in [-0.15, -0.1) is 0 Å². The van der Waals surface area contributed by atoms with Crippen LogP contribution in [0.4, 0.5) is 10.1 Å². The number of piperazine rings is 1. The van der Waals surface area contributed by atoms with E-state index in [1.54, 1.807) is 29.4 Å². The predicted molar refractivity (Wildman–Crippen MR) is 132 cm³/mol. The van der Waals surface area contributed by atoms with Crippen molar-refractivity contribution in [2.75, 3.05) is 24.5 Å². The van der Waals surface area contributed by atoms with Crippen LogP contribution in [0.1, 0.15) is 6.42 Å². The molecule has 1 saturated heterocycles. The zero-order valence-electron chi connectivity index (χ0n) is 18.9. The zero-order valence-corrected chi connectivity index (χ0v) is 18.9. The fourth-order valence-electron chi connectivity index (χ4n) is 4.78. The maximum absolute atomic E-state index is 15.8. The number of halogens is 1. The highest BCUT2D eigenvalue weighted by Gasteiger charge is 2.30. The monoisotopic (exact) mass is 467 g/mol. The SMILES string of the molecule is C=CC(=O)N1CCN(c2ccnc3c(F)c(-c4cc(O)cc5ccccc45)ncc23)C[C@@H]1CC#N. The molecule has 0 bridgehead atoms. The molecule has 174 valence electrons.